The van der Waals surface area contributed by atoms with E-state index in [1.54, 1.807) is 0 Å². The van der Waals surface area contributed by atoms with Gasteiger partial charge in [0, 0.05) is 6.42 Å². The molecule has 0 aromatic carbocycles. The van der Waals surface area contributed by atoms with E-state index in [0.717, 1.165) is 25.7 Å². The van der Waals surface area contributed by atoms with Gasteiger partial charge in [0.05, 0.1) is 4.75 Å². The summed E-state index contributed by atoms with van der Waals surface area (Å²) in [7, 11) is 0. The van der Waals surface area contributed by atoms with Crippen LogP contribution in [0, 0.1) is 12.3 Å². The quantitative estimate of drug-likeness (QED) is 0.528. The minimum Gasteiger partial charge on any atom is -0.306 e. The predicted molar refractivity (Wildman–Crippen MR) is 50.0 cm³/mol. The highest BCUT2D eigenvalue weighted by molar-refractivity contribution is 7.80. The molecule has 0 heterocycles. The highest BCUT2D eigenvalue weighted by atomic mass is 32.2. The van der Waals surface area contributed by atoms with Crippen molar-refractivity contribution in [2.75, 3.05) is 0 Å². The summed E-state index contributed by atoms with van der Waals surface area (Å²) in [6, 6.07) is 0. The first-order chi connectivity index (χ1) is 5.71. The molecule has 2 nitrogen and oxygen atoms in total. The summed E-state index contributed by atoms with van der Waals surface area (Å²) in [6.07, 6.45) is 10.5. The molecule has 0 radical (unpaired) electrons. The summed E-state index contributed by atoms with van der Waals surface area (Å²) in [5, 5.41) is 0. The Morgan fingerprint density at radius 3 is 2.42 bits per heavy atom. The maximum Gasteiger partial charge on any atom is 0.160 e. The van der Waals surface area contributed by atoms with Crippen molar-refractivity contribution < 1.29 is 8.76 Å². The van der Waals surface area contributed by atoms with Crippen LogP contribution < -0.4 is 0 Å². The third-order valence-corrected chi connectivity index (χ3v) is 3.85. The molecule has 0 aliphatic heterocycles. The maximum atomic E-state index is 11.1. The normalized spacial score (nSPS) is 24.3. The Bertz CT molecular complexity index is 211. The van der Waals surface area contributed by atoms with Crippen LogP contribution >= 0.6 is 0 Å². The SMILES string of the molecule is C#CCC1(S(=O)O)CCCCC1. The second-order valence-corrected chi connectivity index (χ2v) is 4.74. The molecule has 0 aromatic heterocycles. The van der Waals surface area contributed by atoms with E-state index >= 15 is 0 Å². The molecular formula is C9H14O2S. The molecule has 1 saturated carbocycles. The van der Waals surface area contributed by atoms with Crippen molar-refractivity contribution in [1.29, 1.82) is 0 Å². The number of terminal acetylenes is 1. The maximum absolute atomic E-state index is 11.1. The lowest BCUT2D eigenvalue weighted by atomic mass is 9.86. The minimum absolute atomic E-state index is 0.441. The molecule has 1 unspecified atom stereocenters. The van der Waals surface area contributed by atoms with Crippen molar-refractivity contribution >= 4 is 11.1 Å². The Morgan fingerprint density at radius 1 is 1.42 bits per heavy atom. The lowest BCUT2D eigenvalue weighted by molar-refractivity contribution is 0.370. The molecule has 1 aliphatic carbocycles. The van der Waals surface area contributed by atoms with Crippen LogP contribution in [0.5, 0.6) is 0 Å². The van der Waals surface area contributed by atoms with E-state index < -0.39 is 15.8 Å². The van der Waals surface area contributed by atoms with Crippen LogP contribution in [-0.2, 0) is 11.1 Å². The Hall–Kier alpha value is -0.330. The van der Waals surface area contributed by atoms with Crippen molar-refractivity contribution in [2.45, 2.75) is 43.3 Å². The largest absolute Gasteiger partial charge is 0.306 e. The Morgan fingerprint density at radius 2 is 2.00 bits per heavy atom. The molecule has 0 spiro atoms. The molecule has 1 N–H and O–H groups in total. The van der Waals surface area contributed by atoms with Crippen LogP contribution in [0.3, 0.4) is 0 Å². The summed E-state index contributed by atoms with van der Waals surface area (Å²) in [5.41, 5.74) is 0. The Kier molecular flexibility index (Phi) is 3.30. The van der Waals surface area contributed by atoms with Gasteiger partial charge in [0.15, 0.2) is 11.1 Å². The van der Waals surface area contributed by atoms with E-state index in [9.17, 15) is 4.21 Å². The summed E-state index contributed by atoms with van der Waals surface area (Å²) >= 11 is -1.75. The first-order valence-corrected chi connectivity index (χ1v) is 5.36. The van der Waals surface area contributed by atoms with Gasteiger partial charge >= 0.3 is 0 Å². The summed E-state index contributed by atoms with van der Waals surface area (Å²) < 4.78 is 19.7. The number of hydrogen-bond donors (Lipinski definition) is 1. The van der Waals surface area contributed by atoms with Gasteiger partial charge < -0.3 is 4.55 Å². The lowest BCUT2D eigenvalue weighted by Crippen LogP contribution is -2.35. The molecule has 1 aliphatic rings. The van der Waals surface area contributed by atoms with Gasteiger partial charge in [-0.1, -0.05) is 19.3 Å². The molecule has 1 rings (SSSR count). The predicted octanol–water partition coefficient (Wildman–Crippen LogP) is 1.93. The molecule has 68 valence electrons. The van der Waals surface area contributed by atoms with Gasteiger partial charge in [0.1, 0.15) is 0 Å². The van der Waals surface area contributed by atoms with Crippen molar-refractivity contribution in [3.8, 4) is 12.3 Å². The first kappa shape index (κ1) is 9.76. The van der Waals surface area contributed by atoms with E-state index in [-0.39, 0.29) is 0 Å². The van der Waals surface area contributed by atoms with Crippen LogP contribution in [0.25, 0.3) is 0 Å². The third-order valence-electron chi connectivity index (χ3n) is 2.56. The highest BCUT2D eigenvalue weighted by Gasteiger charge is 2.36. The second kappa shape index (κ2) is 4.06. The zero-order valence-corrected chi connectivity index (χ0v) is 7.90. The lowest BCUT2D eigenvalue weighted by Gasteiger charge is -2.31. The van der Waals surface area contributed by atoms with Gasteiger partial charge in [0.25, 0.3) is 0 Å². The summed E-state index contributed by atoms with van der Waals surface area (Å²) in [5.74, 6) is 2.51. The van der Waals surface area contributed by atoms with E-state index in [1.807, 2.05) is 0 Å². The number of hydrogen-bond acceptors (Lipinski definition) is 1. The number of rotatable bonds is 2. The molecule has 0 bridgehead atoms. The molecule has 1 fully saturated rings. The van der Waals surface area contributed by atoms with Crippen LogP contribution in [0.15, 0.2) is 0 Å². The molecule has 1 atom stereocenters. The van der Waals surface area contributed by atoms with Gasteiger partial charge in [-0.05, 0) is 12.8 Å². The fourth-order valence-electron chi connectivity index (χ4n) is 1.80. The average molecular weight is 186 g/mol. The topological polar surface area (TPSA) is 37.3 Å². The monoisotopic (exact) mass is 186 g/mol. The fourth-order valence-corrected chi connectivity index (χ4v) is 2.64. The van der Waals surface area contributed by atoms with Gasteiger partial charge in [-0.25, -0.2) is 4.21 Å². The van der Waals surface area contributed by atoms with E-state index in [0.29, 0.717) is 6.42 Å². The van der Waals surface area contributed by atoms with Crippen molar-refractivity contribution in [1.82, 2.24) is 0 Å². The van der Waals surface area contributed by atoms with Crippen molar-refractivity contribution in [3.05, 3.63) is 0 Å². The Labute approximate surface area is 76.0 Å². The van der Waals surface area contributed by atoms with Crippen molar-refractivity contribution in [2.24, 2.45) is 0 Å². The molecule has 3 heteroatoms. The summed E-state index contributed by atoms with van der Waals surface area (Å²) in [4.78, 5) is 0. The van der Waals surface area contributed by atoms with Crippen LogP contribution in [-0.4, -0.2) is 13.5 Å². The van der Waals surface area contributed by atoms with E-state index in [2.05, 4.69) is 5.92 Å². The van der Waals surface area contributed by atoms with Gasteiger partial charge in [-0.3, -0.25) is 0 Å². The zero-order valence-electron chi connectivity index (χ0n) is 7.08. The minimum atomic E-state index is -1.75. The fraction of sp³-hybridized carbons (Fsp3) is 0.778. The first-order valence-electron chi connectivity index (χ1n) is 4.26. The molecule has 0 saturated heterocycles. The van der Waals surface area contributed by atoms with Gasteiger partial charge in [-0.15, -0.1) is 12.3 Å². The van der Waals surface area contributed by atoms with Crippen LogP contribution in [0.2, 0.25) is 0 Å². The van der Waals surface area contributed by atoms with Crippen LogP contribution in [0.4, 0.5) is 0 Å². The van der Waals surface area contributed by atoms with E-state index in [1.165, 1.54) is 6.42 Å². The smallest absolute Gasteiger partial charge is 0.160 e. The Balaban J connectivity index is 2.71. The van der Waals surface area contributed by atoms with Crippen molar-refractivity contribution in [3.63, 3.8) is 0 Å². The van der Waals surface area contributed by atoms with Gasteiger partial charge in [0.2, 0.25) is 0 Å². The molecular weight excluding hydrogens is 172 g/mol. The third kappa shape index (κ3) is 1.88. The molecule has 0 aromatic rings. The standard InChI is InChI=1S/C9H14O2S/c1-2-6-9(12(10)11)7-4-3-5-8-9/h1H,3-8H2,(H,10,11). The van der Waals surface area contributed by atoms with Crippen LogP contribution in [0.1, 0.15) is 38.5 Å². The molecule has 0 amide bonds. The second-order valence-electron chi connectivity index (χ2n) is 3.37. The summed E-state index contributed by atoms with van der Waals surface area (Å²) in [6.45, 7) is 0. The molecule has 12 heavy (non-hydrogen) atoms. The highest BCUT2D eigenvalue weighted by Crippen LogP contribution is 2.35. The van der Waals surface area contributed by atoms with E-state index in [4.69, 9.17) is 11.0 Å². The zero-order chi connectivity index (χ0) is 9.03. The average Bonchev–Trinajstić information content (AvgIpc) is 2.06. The van der Waals surface area contributed by atoms with Gasteiger partial charge in [-0.2, -0.15) is 0 Å².